The fourth-order valence-corrected chi connectivity index (χ4v) is 4.21. The van der Waals surface area contributed by atoms with Crippen LogP contribution in [0.1, 0.15) is 43.4 Å². The lowest BCUT2D eigenvalue weighted by atomic mass is 10.0. The number of amides is 1. The summed E-state index contributed by atoms with van der Waals surface area (Å²) in [5.41, 5.74) is 4.18. The Bertz CT molecular complexity index is 922. The molecule has 1 atom stereocenters. The predicted molar refractivity (Wildman–Crippen MR) is 113 cm³/mol. The average molecular weight is 379 g/mol. The van der Waals surface area contributed by atoms with Gasteiger partial charge in [0.15, 0.2) is 5.17 Å². The van der Waals surface area contributed by atoms with Crippen LogP contribution in [0.3, 0.4) is 0 Å². The van der Waals surface area contributed by atoms with Crippen molar-refractivity contribution in [3.63, 3.8) is 0 Å². The van der Waals surface area contributed by atoms with E-state index in [1.54, 1.807) is 0 Å². The molecule has 138 valence electrons. The van der Waals surface area contributed by atoms with E-state index >= 15 is 0 Å². The van der Waals surface area contributed by atoms with Gasteiger partial charge in [-0.05, 0) is 23.6 Å². The first-order chi connectivity index (χ1) is 13.1. The van der Waals surface area contributed by atoms with Crippen LogP contribution in [-0.4, -0.2) is 28.1 Å². The zero-order valence-electron chi connectivity index (χ0n) is 15.4. The summed E-state index contributed by atoms with van der Waals surface area (Å²) in [5, 5.41) is 10.2. The number of nitrogens with zero attached hydrogens (tertiary/aromatic N) is 3. The van der Waals surface area contributed by atoms with Gasteiger partial charge in [0, 0.05) is 23.9 Å². The minimum absolute atomic E-state index is 0.0330. The van der Waals surface area contributed by atoms with Crippen LogP contribution in [0.4, 0.5) is 11.4 Å². The fraction of sp³-hybridized carbons (Fsp3) is 0.286. The number of para-hydroxylation sites is 2. The first-order valence-electron chi connectivity index (χ1n) is 9.14. The van der Waals surface area contributed by atoms with E-state index in [-0.39, 0.29) is 11.9 Å². The molecule has 0 fully saturated rings. The van der Waals surface area contributed by atoms with Gasteiger partial charge in [0.1, 0.15) is 0 Å². The molecule has 2 aromatic rings. The van der Waals surface area contributed by atoms with E-state index in [1.807, 2.05) is 47.6 Å². The van der Waals surface area contributed by atoms with Crippen molar-refractivity contribution in [2.45, 2.75) is 32.2 Å². The number of aliphatic imine (C=N–C) groups is 1. The number of benzene rings is 2. The van der Waals surface area contributed by atoms with E-state index in [0.717, 1.165) is 28.5 Å². The van der Waals surface area contributed by atoms with Gasteiger partial charge in [-0.2, -0.15) is 5.10 Å². The van der Waals surface area contributed by atoms with Crippen molar-refractivity contribution in [1.29, 1.82) is 0 Å². The molecule has 0 aromatic heterocycles. The molecule has 0 saturated carbocycles. The van der Waals surface area contributed by atoms with Gasteiger partial charge < -0.3 is 5.32 Å². The van der Waals surface area contributed by atoms with Crippen LogP contribution >= 0.6 is 11.8 Å². The Labute approximate surface area is 163 Å². The van der Waals surface area contributed by atoms with Crippen LogP contribution in [0.5, 0.6) is 0 Å². The summed E-state index contributed by atoms with van der Waals surface area (Å²) in [5.74, 6) is 0.620. The van der Waals surface area contributed by atoms with Crippen LogP contribution in [0.2, 0.25) is 0 Å². The molecule has 2 aliphatic heterocycles. The number of rotatable bonds is 4. The highest BCUT2D eigenvalue weighted by molar-refractivity contribution is 8.14. The van der Waals surface area contributed by atoms with Crippen LogP contribution in [0, 0.1) is 0 Å². The average Bonchev–Trinajstić information content (AvgIpc) is 3.17. The van der Waals surface area contributed by atoms with E-state index in [0.29, 0.717) is 11.7 Å². The van der Waals surface area contributed by atoms with E-state index in [4.69, 9.17) is 4.99 Å². The number of thioether (sulfide) groups is 1. The molecule has 0 radical (unpaired) electrons. The molecule has 1 amide bonds. The lowest BCUT2D eigenvalue weighted by molar-refractivity contribution is -0.113. The smallest absolute Gasteiger partial charge is 0.234 e. The van der Waals surface area contributed by atoms with Gasteiger partial charge in [-0.15, -0.1) is 0 Å². The molecule has 27 heavy (non-hydrogen) atoms. The second kappa shape index (κ2) is 7.56. The molecular weight excluding hydrogens is 356 g/mol. The highest BCUT2D eigenvalue weighted by Crippen LogP contribution is 2.40. The Hall–Kier alpha value is -2.60. The molecule has 0 aliphatic carbocycles. The standard InChI is InChI=1S/C21H22N4OS/c1-14(2)15-7-3-5-9-17(15)23-20(26)13-27-21-24-18-10-6-4-8-16(18)19-11-12-22-25(19)21/h3-10,12,14,19H,11,13H2,1-2H3,(H,23,26)/t19-/m1/s1. The third-order valence-corrected chi connectivity index (χ3v) is 5.67. The largest absolute Gasteiger partial charge is 0.325 e. The van der Waals surface area contributed by atoms with Crippen molar-refractivity contribution in [2.24, 2.45) is 10.1 Å². The van der Waals surface area contributed by atoms with Crippen LogP contribution in [0.15, 0.2) is 58.6 Å². The molecule has 0 unspecified atom stereocenters. The van der Waals surface area contributed by atoms with Crippen molar-refractivity contribution in [1.82, 2.24) is 5.01 Å². The van der Waals surface area contributed by atoms with Crippen LogP contribution < -0.4 is 5.32 Å². The molecule has 2 aliphatic rings. The molecule has 6 heteroatoms. The predicted octanol–water partition coefficient (Wildman–Crippen LogP) is 4.92. The molecular formula is C21H22N4OS. The molecule has 1 N–H and O–H groups in total. The van der Waals surface area contributed by atoms with E-state index in [1.165, 1.54) is 17.3 Å². The second-order valence-corrected chi connectivity index (χ2v) is 7.87. The summed E-state index contributed by atoms with van der Waals surface area (Å²) >= 11 is 1.43. The fourth-order valence-electron chi connectivity index (χ4n) is 3.41. The summed E-state index contributed by atoms with van der Waals surface area (Å²) in [6, 6.07) is 16.3. The maximum Gasteiger partial charge on any atom is 0.234 e. The van der Waals surface area contributed by atoms with Crippen molar-refractivity contribution < 1.29 is 4.79 Å². The Balaban J connectivity index is 1.47. The highest BCUT2D eigenvalue weighted by atomic mass is 32.2. The summed E-state index contributed by atoms with van der Waals surface area (Å²) in [7, 11) is 0. The molecule has 0 saturated heterocycles. The monoisotopic (exact) mass is 378 g/mol. The van der Waals surface area contributed by atoms with Gasteiger partial charge in [-0.3, -0.25) is 4.79 Å². The summed E-state index contributed by atoms with van der Waals surface area (Å²) in [6.07, 6.45) is 2.78. The van der Waals surface area contributed by atoms with E-state index in [9.17, 15) is 4.79 Å². The Kier molecular flexibility index (Phi) is 4.99. The molecule has 2 heterocycles. The van der Waals surface area contributed by atoms with Crippen molar-refractivity contribution in [3.8, 4) is 0 Å². The van der Waals surface area contributed by atoms with E-state index < -0.39 is 0 Å². The molecule has 0 bridgehead atoms. The summed E-state index contributed by atoms with van der Waals surface area (Å²) in [4.78, 5) is 17.2. The van der Waals surface area contributed by atoms with Gasteiger partial charge in [0.05, 0.1) is 17.5 Å². The molecule has 2 aromatic carbocycles. The Morgan fingerprint density at radius 1 is 1.22 bits per heavy atom. The zero-order valence-corrected chi connectivity index (χ0v) is 16.2. The number of hydrazone groups is 1. The normalized spacial score (nSPS) is 17.5. The number of amidine groups is 1. The lowest BCUT2D eigenvalue weighted by Gasteiger charge is -2.29. The summed E-state index contributed by atoms with van der Waals surface area (Å²) < 4.78 is 0. The molecule has 0 spiro atoms. The van der Waals surface area contributed by atoms with Crippen molar-refractivity contribution >= 4 is 40.4 Å². The molecule has 5 nitrogen and oxygen atoms in total. The number of nitrogens with one attached hydrogen (secondary N) is 1. The maximum atomic E-state index is 12.5. The van der Waals surface area contributed by atoms with Gasteiger partial charge in [-0.1, -0.05) is 62.0 Å². The van der Waals surface area contributed by atoms with Crippen molar-refractivity contribution in [3.05, 3.63) is 59.7 Å². The SMILES string of the molecule is CC(C)c1ccccc1NC(=O)CSC1=Nc2ccccc2[C@H]2CC=NN12. The van der Waals surface area contributed by atoms with Gasteiger partial charge in [0.2, 0.25) is 5.91 Å². The first-order valence-corrected chi connectivity index (χ1v) is 10.1. The number of carbonyl (C=O) groups excluding carboxylic acids is 1. The molecule has 4 rings (SSSR count). The van der Waals surface area contributed by atoms with E-state index in [2.05, 4.69) is 36.4 Å². The zero-order chi connectivity index (χ0) is 18.8. The minimum atomic E-state index is -0.0330. The third-order valence-electron chi connectivity index (χ3n) is 4.73. The second-order valence-electron chi connectivity index (χ2n) is 6.93. The van der Waals surface area contributed by atoms with Crippen LogP contribution in [0.25, 0.3) is 0 Å². The van der Waals surface area contributed by atoms with Crippen LogP contribution in [-0.2, 0) is 4.79 Å². The lowest BCUT2D eigenvalue weighted by Crippen LogP contribution is -2.29. The summed E-state index contributed by atoms with van der Waals surface area (Å²) in [6.45, 7) is 4.25. The minimum Gasteiger partial charge on any atom is -0.325 e. The van der Waals surface area contributed by atoms with Gasteiger partial charge in [0.25, 0.3) is 0 Å². The first kappa shape index (κ1) is 17.8. The topological polar surface area (TPSA) is 57.1 Å². The quantitative estimate of drug-likeness (QED) is 0.822. The number of fused-ring (bicyclic) bond motifs is 3. The van der Waals surface area contributed by atoms with Gasteiger partial charge >= 0.3 is 0 Å². The number of carbonyl (C=O) groups is 1. The number of anilines is 1. The Morgan fingerprint density at radius 2 is 2.00 bits per heavy atom. The highest BCUT2D eigenvalue weighted by Gasteiger charge is 2.32. The number of hydrogen-bond acceptors (Lipinski definition) is 5. The third kappa shape index (κ3) is 3.62. The van der Waals surface area contributed by atoms with Crippen molar-refractivity contribution in [2.75, 3.05) is 11.1 Å². The maximum absolute atomic E-state index is 12.5. The number of hydrogen-bond donors (Lipinski definition) is 1. The Morgan fingerprint density at radius 3 is 2.85 bits per heavy atom. The van der Waals surface area contributed by atoms with Gasteiger partial charge in [-0.25, -0.2) is 10.0 Å².